The molecule has 0 spiro atoms. The zero-order valence-corrected chi connectivity index (χ0v) is 13.3. The van der Waals surface area contributed by atoms with Crippen molar-refractivity contribution in [2.75, 3.05) is 13.9 Å². The van der Waals surface area contributed by atoms with Crippen LogP contribution in [0.5, 0.6) is 11.5 Å². The lowest BCUT2D eigenvalue weighted by Crippen LogP contribution is -2.61. The summed E-state index contributed by atoms with van der Waals surface area (Å²) in [5.41, 5.74) is 0.239. The molecule has 1 aliphatic heterocycles. The largest absolute Gasteiger partial charge is 0.493 e. The van der Waals surface area contributed by atoms with Crippen molar-refractivity contribution in [2.24, 2.45) is 17.3 Å². The average Bonchev–Trinajstić information content (AvgIpc) is 2.98. The molecule has 23 heavy (non-hydrogen) atoms. The van der Waals surface area contributed by atoms with Gasteiger partial charge in [-0.05, 0) is 23.6 Å². The third kappa shape index (κ3) is 1.68. The van der Waals surface area contributed by atoms with Gasteiger partial charge in [0.2, 0.25) is 12.6 Å². The molecule has 0 saturated heterocycles. The molecule has 0 radical (unpaired) electrons. The van der Waals surface area contributed by atoms with Crippen molar-refractivity contribution in [1.29, 1.82) is 0 Å². The Bertz CT molecular complexity index is 750. The van der Waals surface area contributed by atoms with Crippen LogP contribution in [-0.2, 0) is 14.3 Å². The van der Waals surface area contributed by atoms with Crippen molar-refractivity contribution >= 4 is 11.6 Å². The van der Waals surface area contributed by atoms with Crippen LogP contribution in [0.2, 0.25) is 0 Å². The van der Waals surface area contributed by atoms with E-state index in [2.05, 4.69) is 0 Å². The molecular weight excluding hydrogens is 296 g/mol. The second kappa shape index (κ2) is 4.60. The highest BCUT2D eigenvalue weighted by Gasteiger charge is 2.66. The Labute approximate surface area is 134 Å². The molecule has 5 nitrogen and oxygen atoms in total. The standard InChI is InChI=1S/C18H18O5/c1-9-15(10-4-5-12-13(6-10)23-8-22-12)18(2)16(9)11(19)7-14(21-3)17(18)20/h4-7,9,15-16H,8H2,1-3H3/t9-,15+,16+,18+/m1/s1. The van der Waals surface area contributed by atoms with Crippen LogP contribution in [0.4, 0.5) is 0 Å². The number of allylic oxidation sites excluding steroid dienone is 2. The first-order valence-electron chi connectivity index (χ1n) is 7.72. The number of hydrogen-bond acceptors (Lipinski definition) is 5. The molecule has 1 saturated carbocycles. The van der Waals surface area contributed by atoms with E-state index in [0.29, 0.717) is 11.5 Å². The van der Waals surface area contributed by atoms with Crippen LogP contribution in [-0.4, -0.2) is 25.5 Å². The van der Waals surface area contributed by atoms with Crippen molar-refractivity contribution in [3.63, 3.8) is 0 Å². The minimum atomic E-state index is -0.760. The molecule has 1 aromatic carbocycles. The van der Waals surface area contributed by atoms with Gasteiger partial charge in [-0.15, -0.1) is 0 Å². The third-order valence-electron chi connectivity index (χ3n) is 5.61. The quantitative estimate of drug-likeness (QED) is 0.839. The lowest BCUT2D eigenvalue weighted by Gasteiger charge is -2.58. The van der Waals surface area contributed by atoms with Gasteiger partial charge in [0, 0.05) is 17.9 Å². The zero-order chi connectivity index (χ0) is 16.4. The average molecular weight is 314 g/mol. The molecule has 0 amide bonds. The highest BCUT2D eigenvalue weighted by molar-refractivity contribution is 6.13. The maximum atomic E-state index is 12.8. The molecule has 1 heterocycles. The summed E-state index contributed by atoms with van der Waals surface area (Å²) in [5, 5.41) is 0. The van der Waals surface area contributed by atoms with Crippen molar-refractivity contribution < 1.29 is 23.8 Å². The van der Waals surface area contributed by atoms with Gasteiger partial charge in [-0.3, -0.25) is 9.59 Å². The highest BCUT2D eigenvalue weighted by Crippen LogP contribution is 2.64. The lowest BCUT2D eigenvalue weighted by molar-refractivity contribution is -0.159. The van der Waals surface area contributed by atoms with E-state index in [9.17, 15) is 9.59 Å². The monoisotopic (exact) mass is 314 g/mol. The molecule has 120 valence electrons. The summed E-state index contributed by atoms with van der Waals surface area (Å²) >= 11 is 0. The van der Waals surface area contributed by atoms with Gasteiger partial charge < -0.3 is 14.2 Å². The van der Waals surface area contributed by atoms with E-state index in [1.165, 1.54) is 13.2 Å². The Kier molecular flexibility index (Phi) is 2.86. The maximum absolute atomic E-state index is 12.8. The van der Waals surface area contributed by atoms with Gasteiger partial charge in [0.1, 0.15) is 0 Å². The third-order valence-corrected chi connectivity index (χ3v) is 5.61. The molecule has 2 aliphatic carbocycles. The van der Waals surface area contributed by atoms with E-state index >= 15 is 0 Å². The van der Waals surface area contributed by atoms with Crippen LogP contribution < -0.4 is 9.47 Å². The van der Waals surface area contributed by atoms with Gasteiger partial charge >= 0.3 is 0 Å². The number of rotatable bonds is 2. The topological polar surface area (TPSA) is 61.8 Å². The normalized spacial score (nSPS) is 34.6. The Balaban J connectivity index is 1.78. The summed E-state index contributed by atoms with van der Waals surface area (Å²) in [7, 11) is 1.43. The van der Waals surface area contributed by atoms with Crippen LogP contribution >= 0.6 is 0 Å². The van der Waals surface area contributed by atoms with Gasteiger partial charge in [0.15, 0.2) is 23.0 Å². The molecule has 4 rings (SSSR count). The van der Waals surface area contributed by atoms with Crippen LogP contribution in [0.15, 0.2) is 30.0 Å². The molecule has 0 bridgehead atoms. The Morgan fingerprint density at radius 1 is 1.17 bits per heavy atom. The minimum Gasteiger partial charge on any atom is -0.493 e. The number of carbonyl (C=O) groups is 2. The molecule has 0 unspecified atom stereocenters. The van der Waals surface area contributed by atoms with Crippen LogP contribution in [0, 0.1) is 17.3 Å². The maximum Gasteiger partial charge on any atom is 0.231 e. The number of fused-ring (bicyclic) bond motifs is 2. The van der Waals surface area contributed by atoms with Gasteiger partial charge in [0.25, 0.3) is 0 Å². The van der Waals surface area contributed by atoms with Crippen molar-refractivity contribution in [3.8, 4) is 11.5 Å². The first-order valence-corrected chi connectivity index (χ1v) is 7.72. The Morgan fingerprint density at radius 2 is 1.91 bits per heavy atom. The van der Waals surface area contributed by atoms with E-state index in [-0.39, 0.29) is 41.9 Å². The molecular formula is C18H18O5. The highest BCUT2D eigenvalue weighted by atomic mass is 16.7. The lowest BCUT2D eigenvalue weighted by atomic mass is 9.42. The second-order valence-electron chi connectivity index (χ2n) is 6.65. The van der Waals surface area contributed by atoms with Gasteiger partial charge in [-0.2, -0.15) is 0 Å². The summed E-state index contributed by atoms with van der Waals surface area (Å²) < 4.78 is 15.9. The number of methoxy groups -OCH3 is 1. The van der Waals surface area contributed by atoms with E-state index in [1.54, 1.807) is 0 Å². The van der Waals surface area contributed by atoms with E-state index in [1.807, 2.05) is 32.0 Å². The summed E-state index contributed by atoms with van der Waals surface area (Å²) in [6, 6.07) is 5.75. The fourth-order valence-corrected chi connectivity index (χ4v) is 4.65. The predicted molar refractivity (Wildman–Crippen MR) is 81.2 cm³/mol. The van der Waals surface area contributed by atoms with Crippen LogP contribution in [0.3, 0.4) is 0 Å². The smallest absolute Gasteiger partial charge is 0.231 e. The van der Waals surface area contributed by atoms with Gasteiger partial charge in [-0.25, -0.2) is 0 Å². The van der Waals surface area contributed by atoms with Gasteiger partial charge in [-0.1, -0.05) is 19.9 Å². The number of benzene rings is 1. The minimum absolute atomic E-state index is 0.0200. The summed E-state index contributed by atoms with van der Waals surface area (Å²) in [6.45, 7) is 4.12. The van der Waals surface area contributed by atoms with E-state index < -0.39 is 5.41 Å². The SMILES string of the molecule is COC1=CC(=O)[C@@H]2[C@H](C)[C@@H](c3ccc4c(c3)OCO4)[C@]2(C)C1=O. The molecule has 0 aromatic heterocycles. The number of carbonyl (C=O) groups excluding carboxylic acids is 2. The van der Waals surface area contributed by atoms with Crippen molar-refractivity contribution in [2.45, 2.75) is 19.8 Å². The van der Waals surface area contributed by atoms with Gasteiger partial charge in [0.05, 0.1) is 12.5 Å². The molecule has 1 aromatic rings. The molecule has 3 aliphatic rings. The Morgan fingerprint density at radius 3 is 2.65 bits per heavy atom. The zero-order valence-electron chi connectivity index (χ0n) is 13.3. The summed E-state index contributed by atoms with van der Waals surface area (Å²) in [5.74, 6) is 1.21. The van der Waals surface area contributed by atoms with Crippen LogP contribution in [0.25, 0.3) is 0 Å². The number of ketones is 2. The molecule has 4 atom stereocenters. The number of hydrogen-bond donors (Lipinski definition) is 0. The summed E-state index contributed by atoms with van der Waals surface area (Å²) in [6.07, 6.45) is 1.35. The molecule has 0 N–H and O–H groups in total. The van der Waals surface area contributed by atoms with Crippen molar-refractivity contribution in [1.82, 2.24) is 0 Å². The second-order valence-corrected chi connectivity index (χ2v) is 6.65. The Hall–Kier alpha value is -2.30. The molecule has 5 heteroatoms. The van der Waals surface area contributed by atoms with E-state index in [4.69, 9.17) is 14.2 Å². The van der Waals surface area contributed by atoms with E-state index in [0.717, 1.165) is 5.56 Å². The predicted octanol–water partition coefficient (Wildman–Crippen LogP) is 2.45. The van der Waals surface area contributed by atoms with Crippen molar-refractivity contribution in [3.05, 3.63) is 35.6 Å². The number of Topliss-reactive ketones (excluding diaryl/α,β-unsaturated/α-hetero) is 1. The fraction of sp³-hybridized carbons (Fsp3) is 0.444. The first kappa shape index (κ1) is 14.3. The molecule has 1 fully saturated rings. The fourth-order valence-electron chi connectivity index (χ4n) is 4.65. The number of ether oxygens (including phenoxy) is 3. The first-order chi connectivity index (χ1) is 11.0. The van der Waals surface area contributed by atoms with Crippen LogP contribution in [0.1, 0.15) is 25.3 Å². The summed E-state index contributed by atoms with van der Waals surface area (Å²) in [4.78, 5) is 25.2.